The smallest absolute Gasteiger partial charge is 0.270 e. The van der Waals surface area contributed by atoms with Crippen LogP contribution in [0.1, 0.15) is 15.9 Å². The van der Waals surface area contributed by atoms with Crippen LogP contribution in [0.4, 0.5) is 11.4 Å². The standard InChI is InChI=1S/C17H19N3O4/c1-24-10-9-18-16-8-7-14(20(22)23)11-15(16)17(21)19-12-13-5-3-2-4-6-13/h2-8,11,18H,9-10,12H2,1H3,(H,19,21). The molecule has 2 N–H and O–H groups in total. The van der Waals surface area contributed by atoms with Crippen LogP contribution in [0.2, 0.25) is 0 Å². The fraction of sp³-hybridized carbons (Fsp3) is 0.235. The van der Waals surface area contributed by atoms with E-state index >= 15 is 0 Å². The number of carbonyl (C=O) groups excluding carboxylic acids is 1. The number of rotatable bonds is 8. The number of anilines is 1. The Morgan fingerprint density at radius 3 is 2.62 bits per heavy atom. The van der Waals surface area contributed by atoms with Gasteiger partial charge < -0.3 is 15.4 Å². The Balaban J connectivity index is 2.15. The van der Waals surface area contributed by atoms with Crippen LogP contribution in [0.3, 0.4) is 0 Å². The topological polar surface area (TPSA) is 93.5 Å². The Labute approximate surface area is 139 Å². The molecule has 0 saturated heterocycles. The number of methoxy groups -OCH3 is 1. The molecule has 2 aromatic rings. The highest BCUT2D eigenvalue weighted by Gasteiger charge is 2.16. The molecule has 24 heavy (non-hydrogen) atoms. The molecule has 0 spiro atoms. The number of nitrogens with zero attached hydrogens (tertiary/aromatic N) is 1. The van der Waals surface area contributed by atoms with E-state index in [1.807, 2.05) is 30.3 Å². The molecule has 0 heterocycles. The maximum Gasteiger partial charge on any atom is 0.270 e. The number of nitro groups is 1. The van der Waals surface area contributed by atoms with E-state index in [0.717, 1.165) is 5.56 Å². The lowest BCUT2D eigenvalue weighted by atomic mass is 10.1. The Kier molecular flexibility index (Phi) is 6.27. The molecular weight excluding hydrogens is 310 g/mol. The summed E-state index contributed by atoms with van der Waals surface area (Å²) < 4.78 is 4.96. The molecule has 126 valence electrons. The first-order valence-electron chi connectivity index (χ1n) is 7.45. The Hall–Kier alpha value is -2.93. The highest BCUT2D eigenvalue weighted by molar-refractivity contribution is 6.00. The molecule has 0 fully saturated rings. The quantitative estimate of drug-likeness (QED) is 0.441. The third-order valence-corrected chi connectivity index (χ3v) is 3.38. The van der Waals surface area contributed by atoms with Crippen LogP contribution in [0, 0.1) is 10.1 Å². The van der Waals surface area contributed by atoms with Crippen molar-refractivity contribution >= 4 is 17.3 Å². The summed E-state index contributed by atoms with van der Waals surface area (Å²) in [5.74, 6) is -0.373. The second-order valence-corrected chi connectivity index (χ2v) is 5.07. The van der Waals surface area contributed by atoms with E-state index in [-0.39, 0.29) is 17.2 Å². The van der Waals surface area contributed by atoms with Gasteiger partial charge >= 0.3 is 0 Å². The second-order valence-electron chi connectivity index (χ2n) is 5.07. The largest absolute Gasteiger partial charge is 0.383 e. The Morgan fingerprint density at radius 1 is 1.21 bits per heavy atom. The number of nitro benzene ring substituents is 1. The normalized spacial score (nSPS) is 10.2. The molecule has 0 aliphatic rings. The molecule has 0 saturated carbocycles. The lowest BCUT2D eigenvalue weighted by Gasteiger charge is -2.12. The first-order valence-corrected chi connectivity index (χ1v) is 7.45. The van der Waals surface area contributed by atoms with E-state index < -0.39 is 4.92 Å². The maximum absolute atomic E-state index is 12.4. The fourth-order valence-electron chi connectivity index (χ4n) is 2.15. The number of hydrogen-bond acceptors (Lipinski definition) is 5. The third-order valence-electron chi connectivity index (χ3n) is 3.38. The van der Waals surface area contributed by atoms with E-state index in [4.69, 9.17) is 4.74 Å². The molecule has 0 aromatic heterocycles. The van der Waals surface area contributed by atoms with Gasteiger partial charge in [-0.05, 0) is 11.6 Å². The summed E-state index contributed by atoms with van der Waals surface area (Å²) in [5, 5.41) is 16.8. The lowest BCUT2D eigenvalue weighted by molar-refractivity contribution is -0.384. The monoisotopic (exact) mass is 329 g/mol. The third kappa shape index (κ3) is 4.79. The first kappa shape index (κ1) is 17.4. The molecule has 7 heteroatoms. The zero-order valence-electron chi connectivity index (χ0n) is 13.3. The van der Waals surface area contributed by atoms with Gasteiger partial charge in [-0.1, -0.05) is 30.3 Å². The van der Waals surface area contributed by atoms with Crippen LogP contribution in [0.25, 0.3) is 0 Å². The number of non-ortho nitro benzene ring substituents is 1. The van der Waals surface area contributed by atoms with E-state index in [2.05, 4.69) is 10.6 Å². The van der Waals surface area contributed by atoms with Crippen molar-refractivity contribution in [2.24, 2.45) is 0 Å². The predicted molar refractivity (Wildman–Crippen MR) is 91.1 cm³/mol. The lowest BCUT2D eigenvalue weighted by Crippen LogP contribution is -2.24. The van der Waals surface area contributed by atoms with E-state index in [9.17, 15) is 14.9 Å². The van der Waals surface area contributed by atoms with Crippen LogP contribution in [0.15, 0.2) is 48.5 Å². The molecule has 0 unspecified atom stereocenters. The van der Waals surface area contributed by atoms with Gasteiger partial charge in [0.25, 0.3) is 11.6 Å². The van der Waals surface area contributed by atoms with Crippen LogP contribution in [-0.4, -0.2) is 31.1 Å². The summed E-state index contributed by atoms with van der Waals surface area (Å²) in [7, 11) is 1.57. The van der Waals surface area contributed by atoms with Crippen molar-refractivity contribution in [3.8, 4) is 0 Å². The minimum atomic E-state index is -0.521. The molecule has 0 aliphatic carbocycles. The van der Waals surface area contributed by atoms with Gasteiger partial charge in [0.1, 0.15) is 0 Å². The summed E-state index contributed by atoms with van der Waals surface area (Å²) in [6.45, 7) is 1.30. The maximum atomic E-state index is 12.4. The van der Waals surface area contributed by atoms with Gasteiger partial charge in [0.15, 0.2) is 0 Å². The van der Waals surface area contributed by atoms with Gasteiger partial charge in [-0.2, -0.15) is 0 Å². The fourth-order valence-corrected chi connectivity index (χ4v) is 2.15. The van der Waals surface area contributed by atoms with E-state index in [0.29, 0.717) is 25.4 Å². The van der Waals surface area contributed by atoms with Gasteiger partial charge in [0.05, 0.1) is 17.1 Å². The van der Waals surface area contributed by atoms with Gasteiger partial charge in [-0.3, -0.25) is 14.9 Å². The van der Waals surface area contributed by atoms with Gasteiger partial charge in [-0.25, -0.2) is 0 Å². The van der Waals surface area contributed by atoms with Crippen molar-refractivity contribution in [2.45, 2.75) is 6.54 Å². The molecule has 0 aliphatic heterocycles. The molecule has 2 rings (SSSR count). The highest BCUT2D eigenvalue weighted by atomic mass is 16.6. The SMILES string of the molecule is COCCNc1ccc([N+](=O)[O-])cc1C(=O)NCc1ccccc1. The number of carbonyl (C=O) groups is 1. The van der Waals surface area contributed by atoms with Crippen LogP contribution < -0.4 is 10.6 Å². The molecular formula is C17H19N3O4. The molecule has 0 bridgehead atoms. The average Bonchev–Trinajstić information content (AvgIpc) is 2.61. The van der Waals surface area contributed by atoms with Gasteiger partial charge in [0.2, 0.25) is 0 Å². The first-order chi connectivity index (χ1) is 11.6. The van der Waals surface area contributed by atoms with Crippen molar-refractivity contribution < 1.29 is 14.5 Å². The summed E-state index contributed by atoms with van der Waals surface area (Å²) >= 11 is 0. The van der Waals surface area contributed by atoms with Crippen molar-refractivity contribution in [1.29, 1.82) is 0 Å². The van der Waals surface area contributed by atoms with Gasteiger partial charge in [0, 0.05) is 38.0 Å². The van der Waals surface area contributed by atoms with Gasteiger partial charge in [-0.15, -0.1) is 0 Å². The number of ether oxygens (including phenoxy) is 1. The zero-order chi connectivity index (χ0) is 17.4. The summed E-state index contributed by atoms with van der Waals surface area (Å²) in [4.78, 5) is 22.9. The Morgan fingerprint density at radius 2 is 1.96 bits per heavy atom. The summed E-state index contributed by atoms with van der Waals surface area (Å²) in [5.41, 5.74) is 1.58. The van der Waals surface area contributed by atoms with Crippen LogP contribution in [-0.2, 0) is 11.3 Å². The number of hydrogen-bond donors (Lipinski definition) is 2. The van der Waals surface area contributed by atoms with E-state index in [1.165, 1.54) is 18.2 Å². The summed E-state index contributed by atoms with van der Waals surface area (Å²) in [6.07, 6.45) is 0. The van der Waals surface area contributed by atoms with E-state index in [1.54, 1.807) is 7.11 Å². The molecule has 0 atom stereocenters. The molecule has 1 amide bonds. The van der Waals surface area contributed by atoms with Crippen molar-refractivity contribution in [3.05, 3.63) is 69.8 Å². The van der Waals surface area contributed by atoms with Crippen molar-refractivity contribution in [2.75, 3.05) is 25.6 Å². The molecule has 0 radical (unpaired) electrons. The molecule has 7 nitrogen and oxygen atoms in total. The second kappa shape index (κ2) is 8.64. The van der Waals surface area contributed by atoms with Crippen molar-refractivity contribution in [3.63, 3.8) is 0 Å². The predicted octanol–water partition coefficient (Wildman–Crippen LogP) is 2.58. The van der Waals surface area contributed by atoms with Crippen molar-refractivity contribution in [1.82, 2.24) is 5.32 Å². The average molecular weight is 329 g/mol. The minimum absolute atomic E-state index is 0.128. The summed E-state index contributed by atoms with van der Waals surface area (Å²) in [6, 6.07) is 13.6. The number of nitrogens with one attached hydrogen (secondary N) is 2. The minimum Gasteiger partial charge on any atom is -0.383 e. The number of benzene rings is 2. The molecule has 2 aromatic carbocycles. The van der Waals surface area contributed by atoms with Crippen LogP contribution >= 0.6 is 0 Å². The Bertz CT molecular complexity index is 704. The van der Waals surface area contributed by atoms with Crippen LogP contribution in [0.5, 0.6) is 0 Å². The number of amides is 1. The zero-order valence-corrected chi connectivity index (χ0v) is 13.3. The highest BCUT2D eigenvalue weighted by Crippen LogP contribution is 2.22.